The van der Waals surface area contributed by atoms with Gasteiger partial charge in [0.2, 0.25) is 0 Å². The van der Waals surface area contributed by atoms with Crippen LogP contribution in [0.4, 0.5) is 0 Å². The number of rotatable bonds is 3. The number of benzene rings is 1. The zero-order valence-corrected chi connectivity index (χ0v) is 11.7. The highest BCUT2D eigenvalue weighted by Crippen LogP contribution is 2.38. The van der Waals surface area contributed by atoms with Gasteiger partial charge in [-0.2, -0.15) is 0 Å². The molecular weight excluding hydrogens is 256 g/mol. The highest BCUT2D eigenvalue weighted by atomic mass is 32.1. The summed E-state index contributed by atoms with van der Waals surface area (Å²) in [5.41, 5.74) is 5.55. The average Bonchev–Trinajstić information content (AvgIpc) is 2.86. The highest BCUT2D eigenvalue weighted by Gasteiger charge is 2.30. The van der Waals surface area contributed by atoms with E-state index >= 15 is 0 Å². The fourth-order valence-electron chi connectivity index (χ4n) is 2.64. The van der Waals surface area contributed by atoms with Crippen LogP contribution in [-0.4, -0.2) is 6.61 Å². The van der Waals surface area contributed by atoms with E-state index in [1.54, 1.807) is 11.3 Å². The number of hydrazine groups is 1. The number of fused-ring (bicyclic) bond motifs is 1. The molecule has 2 unspecified atom stereocenters. The predicted octanol–water partition coefficient (Wildman–Crippen LogP) is 2.87. The van der Waals surface area contributed by atoms with Crippen LogP contribution in [0.2, 0.25) is 0 Å². The summed E-state index contributed by atoms with van der Waals surface area (Å²) in [7, 11) is 0. The number of ether oxygens (including phenoxy) is 1. The molecule has 19 heavy (non-hydrogen) atoms. The Morgan fingerprint density at radius 3 is 2.89 bits per heavy atom. The normalized spacial score (nSPS) is 20.0. The van der Waals surface area contributed by atoms with Crippen molar-refractivity contribution in [2.45, 2.75) is 25.5 Å². The van der Waals surface area contributed by atoms with Crippen LogP contribution in [-0.2, 0) is 11.2 Å². The molecule has 1 aromatic heterocycles. The van der Waals surface area contributed by atoms with E-state index < -0.39 is 0 Å². The molecule has 0 fully saturated rings. The maximum absolute atomic E-state index is 5.99. The standard InChI is InChI=1S/C15H18N2OS/c1-10-6-7-13(19-10)14(17-16)15-12-5-3-2-4-11(12)8-9-18-15/h2-7,14-15,17H,8-9,16H2,1H3. The number of nitrogens with one attached hydrogen (secondary N) is 1. The van der Waals surface area contributed by atoms with Crippen LogP contribution in [0.25, 0.3) is 0 Å². The molecule has 1 aliphatic rings. The first-order valence-corrected chi connectivity index (χ1v) is 7.33. The number of hydrogen-bond acceptors (Lipinski definition) is 4. The maximum atomic E-state index is 5.99. The molecule has 0 spiro atoms. The minimum atomic E-state index is -0.00648. The number of aryl methyl sites for hydroxylation is 1. The fourth-order valence-corrected chi connectivity index (χ4v) is 3.60. The molecule has 0 saturated carbocycles. The second-order valence-electron chi connectivity index (χ2n) is 4.83. The third-order valence-electron chi connectivity index (χ3n) is 3.58. The summed E-state index contributed by atoms with van der Waals surface area (Å²) in [6.45, 7) is 2.86. The summed E-state index contributed by atoms with van der Waals surface area (Å²) in [6, 6.07) is 12.7. The molecule has 1 aromatic carbocycles. The number of thiophene rings is 1. The third-order valence-corrected chi connectivity index (χ3v) is 4.66. The van der Waals surface area contributed by atoms with E-state index in [0.717, 1.165) is 13.0 Å². The molecule has 3 N–H and O–H groups in total. The first-order valence-electron chi connectivity index (χ1n) is 6.51. The van der Waals surface area contributed by atoms with E-state index in [1.807, 2.05) is 0 Å². The van der Waals surface area contributed by atoms with Crippen molar-refractivity contribution in [3.8, 4) is 0 Å². The Kier molecular flexibility index (Phi) is 3.66. The SMILES string of the molecule is Cc1ccc(C(NN)C2OCCc3ccccc32)s1. The molecular formula is C15H18N2OS. The summed E-state index contributed by atoms with van der Waals surface area (Å²) in [6.07, 6.45) is 0.973. The van der Waals surface area contributed by atoms with Gasteiger partial charge in [-0.05, 0) is 36.6 Å². The largest absolute Gasteiger partial charge is 0.371 e. The Morgan fingerprint density at radius 2 is 2.16 bits per heavy atom. The highest BCUT2D eigenvalue weighted by molar-refractivity contribution is 7.12. The molecule has 0 aliphatic carbocycles. The molecule has 2 aromatic rings. The predicted molar refractivity (Wildman–Crippen MR) is 78.0 cm³/mol. The molecule has 2 heterocycles. The summed E-state index contributed by atoms with van der Waals surface area (Å²) in [5.74, 6) is 5.78. The Hall–Kier alpha value is -1.20. The first kappa shape index (κ1) is 12.8. The van der Waals surface area contributed by atoms with Crippen molar-refractivity contribution in [1.29, 1.82) is 0 Å². The van der Waals surface area contributed by atoms with Gasteiger partial charge >= 0.3 is 0 Å². The molecule has 0 radical (unpaired) electrons. The van der Waals surface area contributed by atoms with Crippen molar-refractivity contribution in [2.75, 3.05) is 6.61 Å². The van der Waals surface area contributed by atoms with E-state index in [1.165, 1.54) is 20.9 Å². The van der Waals surface area contributed by atoms with Gasteiger partial charge in [0.1, 0.15) is 6.10 Å². The Bertz CT molecular complexity index is 567. The maximum Gasteiger partial charge on any atom is 0.104 e. The van der Waals surface area contributed by atoms with Crippen LogP contribution in [0.1, 0.15) is 33.0 Å². The molecule has 0 saturated heterocycles. The van der Waals surface area contributed by atoms with Crippen molar-refractivity contribution < 1.29 is 4.74 Å². The molecule has 1 aliphatic heterocycles. The van der Waals surface area contributed by atoms with Crippen molar-refractivity contribution in [1.82, 2.24) is 5.43 Å². The van der Waals surface area contributed by atoms with E-state index in [2.05, 4.69) is 48.7 Å². The van der Waals surface area contributed by atoms with Gasteiger partial charge in [-0.15, -0.1) is 11.3 Å². The number of nitrogens with two attached hydrogens (primary N) is 1. The summed E-state index contributed by atoms with van der Waals surface area (Å²) in [5, 5.41) is 0. The van der Waals surface area contributed by atoms with Gasteiger partial charge in [-0.3, -0.25) is 5.84 Å². The summed E-state index contributed by atoms with van der Waals surface area (Å²) >= 11 is 1.77. The molecule has 100 valence electrons. The van der Waals surface area contributed by atoms with Crippen LogP contribution in [0.15, 0.2) is 36.4 Å². The Morgan fingerprint density at radius 1 is 1.32 bits per heavy atom. The van der Waals surface area contributed by atoms with Crippen molar-refractivity contribution in [3.63, 3.8) is 0 Å². The minimum Gasteiger partial charge on any atom is -0.371 e. The van der Waals surface area contributed by atoms with Gasteiger partial charge in [0.15, 0.2) is 0 Å². The minimum absolute atomic E-state index is 0.00648. The number of hydrogen-bond donors (Lipinski definition) is 2. The summed E-state index contributed by atoms with van der Waals surface area (Å²) in [4.78, 5) is 2.51. The van der Waals surface area contributed by atoms with Gasteiger partial charge in [-0.1, -0.05) is 24.3 Å². The van der Waals surface area contributed by atoms with Gasteiger partial charge in [0.05, 0.1) is 12.6 Å². The first-order chi connectivity index (χ1) is 9.29. The monoisotopic (exact) mass is 274 g/mol. The average molecular weight is 274 g/mol. The molecule has 0 bridgehead atoms. The van der Waals surface area contributed by atoms with Gasteiger partial charge in [-0.25, -0.2) is 5.43 Å². The van der Waals surface area contributed by atoms with Crippen LogP contribution >= 0.6 is 11.3 Å². The lowest BCUT2D eigenvalue weighted by atomic mass is 9.93. The molecule has 3 rings (SSSR count). The zero-order valence-electron chi connectivity index (χ0n) is 10.9. The van der Waals surface area contributed by atoms with Gasteiger partial charge < -0.3 is 4.74 Å². The van der Waals surface area contributed by atoms with Crippen LogP contribution in [0, 0.1) is 6.92 Å². The van der Waals surface area contributed by atoms with E-state index in [-0.39, 0.29) is 12.1 Å². The van der Waals surface area contributed by atoms with Crippen LogP contribution in [0.3, 0.4) is 0 Å². The lowest BCUT2D eigenvalue weighted by molar-refractivity contribution is 0.0156. The van der Waals surface area contributed by atoms with Crippen LogP contribution in [0.5, 0.6) is 0 Å². The van der Waals surface area contributed by atoms with Crippen molar-refractivity contribution in [3.05, 3.63) is 57.3 Å². The lowest BCUT2D eigenvalue weighted by Gasteiger charge is -2.31. The summed E-state index contributed by atoms with van der Waals surface area (Å²) < 4.78 is 5.99. The second-order valence-corrected chi connectivity index (χ2v) is 6.15. The molecule has 3 nitrogen and oxygen atoms in total. The topological polar surface area (TPSA) is 47.3 Å². The Balaban J connectivity index is 1.97. The third kappa shape index (κ3) is 2.44. The van der Waals surface area contributed by atoms with Crippen molar-refractivity contribution >= 4 is 11.3 Å². The Labute approximate surface area is 117 Å². The second kappa shape index (κ2) is 5.43. The van der Waals surface area contributed by atoms with E-state index in [9.17, 15) is 0 Å². The van der Waals surface area contributed by atoms with E-state index in [4.69, 9.17) is 10.6 Å². The lowest BCUT2D eigenvalue weighted by Crippen LogP contribution is -2.35. The van der Waals surface area contributed by atoms with E-state index in [0.29, 0.717) is 0 Å². The zero-order chi connectivity index (χ0) is 13.2. The van der Waals surface area contributed by atoms with Crippen LogP contribution < -0.4 is 11.3 Å². The quantitative estimate of drug-likeness (QED) is 0.668. The molecule has 4 heteroatoms. The molecule has 0 amide bonds. The fraction of sp³-hybridized carbons (Fsp3) is 0.333. The smallest absolute Gasteiger partial charge is 0.104 e. The van der Waals surface area contributed by atoms with Crippen molar-refractivity contribution in [2.24, 2.45) is 5.84 Å². The van der Waals surface area contributed by atoms with Gasteiger partial charge in [0, 0.05) is 9.75 Å². The van der Waals surface area contributed by atoms with Gasteiger partial charge in [0.25, 0.3) is 0 Å². The molecule has 2 atom stereocenters.